The van der Waals surface area contributed by atoms with E-state index in [9.17, 15) is 4.39 Å². The third kappa shape index (κ3) is 6.06. The van der Waals surface area contributed by atoms with Gasteiger partial charge in [-0.25, -0.2) is 4.39 Å². The third-order valence-electron chi connectivity index (χ3n) is 4.26. The Morgan fingerprint density at radius 2 is 1.78 bits per heavy atom. The number of piperazine rings is 1. The predicted octanol–water partition coefficient (Wildman–Crippen LogP) is 5.01. The van der Waals surface area contributed by atoms with Crippen molar-refractivity contribution in [2.24, 2.45) is 5.92 Å². The second-order valence-corrected chi connectivity index (χ2v) is 6.74. The van der Waals surface area contributed by atoms with Gasteiger partial charge in [0, 0.05) is 37.8 Å². The Balaban J connectivity index is 0.00000242. The van der Waals surface area contributed by atoms with Gasteiger partial charge in [-0.05, 0) is 37.3 Å². The second kappa shape index (κ2) is 10.7. The number of hydrogen-bond donors (Lipinski definition) is 1. The number of nitrogens with zero attached hydrogens (tertiary/aromatic N) is 1. The maximum absolute atomic E-state index is 14.4. The van der Waals surface area contributed by atoms with Gasteiger partial charge in [0.15, 0.2) is 0 Å². The molecule has 2 nitrogen and oxygen atoms in total. The van der Waals surface area contributed by atoms with Gasteiger partial charge in [-0.1, -0.05) is 31.5 Å². The van der Waals surface area contributed by atoms with Crippen molar-refractivity contribution in [1.82, 2.24) is 10.2 Å². The number of hydrogen-bond acceptors (Lipinski definition) is 2. The molecule has 1 aromatic rings. The molecule has 1 aliphatic rings. The van der Waals surface area contributed by atoms with E-state index in [4.69, 9.17) is 11.6 Å². The van der Waals surface area contributed by atoms with Crippen molar-refractivity contribution in [2.75, 3.05) is 26.2 Å². The van der Waals surface area contributed by atoms with Crippen molar-refractivity contribution in [1.29, 1.82) is 0 Å². The minimum atomic E-state index is -0.169. The Hall–Kier alpha value is -0.0600. The minimum absolute atomic E-state index is 0. The number of benzene rings is 1. The van der Waals surface area contributed by atoms with Crippen LogP contribution in [0, 0.1) is 18.7 Å². The molecule has 134 valence electrons. The van der Waals surface area contributed by atoms with Gasteiger partial charge < -0.3 is 5.32 Å². The summed E-state index contributed by atoms with van der Waals surface area (Å²) >= 11 is 6.45. The topological polar surface area (TPSA) is 15.3 Å². The molecule has 1 atom stereocenters. The van der Waals surface area contributed by atoms with Crippen LogP contribution in [0.15, 0.2) is 12.1 Å². The molecule has 0 unspecified atom stereocenters. The average Bonchev–Trinajstić information content (AvgIpc) is 2.47. The summed E-state index contributed by atoms with van der Waals surface area (Å²) in [7, 11) is 0. The summed E-state index contributed by atoms with van der Waals surface area (Å²) in [4.78, 5) is 2.38. The van der Waals surface area contributed by atoms with Crippen LogP contribution in [0.4, 0.5) is 4.39 Å². The Bertz CT molecular complexity index is 477. The molecule has 1 aliphatic heterocycles. The van der Waals surface area contributed by atoms with Gasteiger partial charge in [-0.2, -0.15) is 0 Å². The van der Waals surface area contributed by atoms with E-state index in [2.05, 4.69) is 24.1 Å². The molecule has 6 heteroatoms. The van der Waals surface area contributed by atoms with Crippen LogP contribution in [0.5, 0.6) is 0 Å². The Labute approximate surface area is 157 Å². The lowest BCUT2D eigenvalue weighted by molar-refractivity contribution is 0.156. The standard InChI is InChI=1S/C17H26ClFN2.2ClH/c1-12(2)4-7-15(21-10-8-20-9-11-21)16-14(19)6-5-13(3)17(16)18;;/h5-6,12,15,20H,4,7-11H2,1-3H3;2*1H/t15-;;/m0../s1. The lowest BCUT2D eigenvalue weighted by Crippen LogP contribution is -2.45. The molecular formula is C17H28Cl3FN2. The summed E-state index contributed by atoms with van der Waals surface area (Å²) in [5.74, 6) is 0.444. The molecule has 1 saturated heterocycles. The fraction of sp³-hybridized carbons (Fsp3) is 0.647. The van der Waals surface area contributed by atoms with E-state index in [1.54, 1.807) is 12.1 Å². The highest BCUT2D eigenvalue weighted by atomic mass is 35.5. The monoisotopic (exact) mass is 384 g/mol. The highest BCUT2D eigenvalue weighted by Crippen LogP contribution is 2.36. The van der Waals surface area contributed by atoms with Crippen LogP contribution in [0.2, 0.25) is 5.02 Å². The lowest BCUT2D eigenvalue weighted by atomic mass is 9.94. The summed E-state index contributed by atoms with van der Waals surface area (Å²) in [5.41, 5.74) is 1.65. The summed E-state index contributed by atoms with van der Waals surface area (Å²) in [6.07, 6.45) is 2.04. The van der Waals surface area contributed by atoms with Crippen LogP contribution in [0.25, 0.3) is 0 Å². The van der Waals surface area contributed by atoms with Gasteiger partial charge in [-0.3, -0.25) is 4.90 Å². The van der Waals surface area contributed by atoms with Crippen molar-refractivity contribution in [3.63, 3.8) is 0 Å². The molecule has 0 amide bonds. The first-order chi connectivity index (χ1) is 10.0. The molecule has 0 radical (unpaired) electrons. The van der Waals surface area contributed by atoms with Crippen LogP contribution < -0.4 is 5.32 Å². The van der Waals surface area contributed by atoms with Crippen LogP contribution in [0.1, 0.15) is 43.9 Å². The molecule has 0 saturated carbocycles. The smallest absolute Gasteiger partial charge is 0.129 e. The molecule has 1 N–H and O–H groups in total. The normalized spacial score (nSPS) is 16.6. The van der Waals surface area contributed by atoms with Gasteiger partial charge in [0.2, 0.25) is 0 Å². The second-order valence-electron chi connectivity index (χ2n) is 6.36. The lowest BCUT2D eigenvalue weighted by Gasteiger charge is -2.36. The van der Waals surface area contributed by atoms with Gasteiger partial charge in [-0.15, -0.1) is 24.8 Å². The van der Waals surface area contributed by atoms with E-state index in [0.29, 0.717) is 16.5 Å². The molecule has 0 aromatic heterocycles. The molecule has 0 bridgehead atoms. The summed E-state index contributed by atoms with van der Waals surface area (Å²) in [6, 6.07) is 3.40. The van der Waals surface area contributed by atoms with Gasteiger partial charge in [0.1, 0.15) is 5.82 Å². The van der Waals surface area contributed by atoms with E-state index < -0.39 is 0 Å². The van der Waals surface area contributed by atoms with Crippen LogP contribution in [-0.4, -0.2) is 31.1 Å². The molecule has 1 aromatic carbocycles. The van der Waals surface area contributed by atoms with Crippen LogP contribution >= 0.6 is 36.4 Å². The SMILES string of the molecule is Cc1ccc(F)c([C@H](CCC(C)C)N2CCNCC2)c1Cl.Cl.Cl. The Kier molecular flexibility index (Phi) is 10.7. The largest absolute Gasteiger partial charge is 0.314 e. The van der Waals surface area contributed by atoms with E-state index in [1.165, 1.54) is 0 Å². The molecule has 0 spiro atoms. The highest BCUT2D eigenvalue weighted by Gasteiger charge is 2.27. The fourth-order valence-electron chi connectivity index (χ4n) is 2.98. The van der Waals surface area contributed by atoms with E-state index in [-0.39, 0.29) is 36.7 Å². The highest BCUT2D eigenvalue weighted by molar-refractivity contribution is 6.32. The zero-order valence-corrected chi connectivity index (χ0v) is 16.5. The maximum Gasteiger partial charge on any atom is 0.129 e. The predicted molar refractivity (Wildman–Crippen MR) is 102 cm³/mol. The molecular weight excluding hydrogens is 358 g/mol. The Morgan fingerprint density at radius 1 is 1.17 bits per heavy atom. The molecule has 1 heterocycles. The van der Waals surface area contributed by atoms with Gasteiger partial charge >= 0.3 is 0 Å². The van der Waals surface area contributed by atoms with Crippen molar-refractivity contribution in [3.05, 3.63) is 34.1 Å². The fourth-order valence-corrected chi connectivity index (χ4v) is 3.26. The maximum atomic E-state index is 14.4. The summed E-state index contributed by atoms with van der Waals surface area (Å²) < 4.78 is 14.4. The quantitative estimate of drug-likeness (QED) is 0.766. The van der Waals surface area contributed by atoms with Crippen LogP contribution in [0.3, 0.4) is 0 Å². The van der Waals surface area contributed by atoms with E-state index in [0.717, 1.165) is 44.6 Å². The molecule has 0 aliphatic carbocycles. The summed E-state index contributed by atoms with van der Waals surface area (Å²) in [5, 5.41) is 3.96. The first-order valence-electron chi connectivity index (χ1n) is 7.90. The van der Waals surface area contributed by atoms with E-state index in [1.807, 2.05) is 6.92 Å². The first-order valence-corrected chi connectivity index (χ1v) is 8.27. The third-order valence-corrected chi connectivity index (χ3v) is 4.76. The molecule has 23 heavy (non-hydrogen) atoms. The van der Waals surface area contributed by atoms with Crippen LogP contribution in [-0.2, 0) is 0 Å². The Morgan fingerprint density at radius 3 is 2.35 bits per heavy atom. The van der Waals surface area contributed by atoms with Gasteiger partial charge in [0.25, 0.3) is 0 Å². The van der Waals surface area contributed by atoms with Crippen molar-refractivity contribution >= 4 is 36.4 Å². The zero-order valence-electron chi connectivity index (χ0n) is 14.1. The number of halogens is 4. The molecule has 2 rings (SSSR count). The number of nitrogens with one attached hydrogen (secondary N) is 1. The van der Waals surface area contributed by atoms with Crippen molar-refractivity contribution < 1.29 is 4.39 Å². The number of rotatable bonds is 5. The van der Waals surface area contributed by atoms with Crippen molar-refractivity contribution in [3.8, 4) is 0 Å². The van der Waals surface area contributed by atoms with Crippen molar-refractivity contribution in [2.45, 2.75) is 39.7 Å². The summed E-state index contributed by atoms with van der Waals surface area (Å²) in [6.45, 7) is 10.2. The first kappa shape index (κ1) is 22.9. The number of aryl methyl sites for hydroxylation is 1. The zero-order chi connectivity index (χ0) is 15.4. The van der Waals surface area contributed by atoms with Gasteiger partial charge in [0.05, 0.1) is 5.02 Å². The van der Waals surface area contributed by atoms with E-state index >= 15 is 0 Å². The average molecular weight is 386 g/mol. The molecule has 1 fully saturated rings. The minimum Gasteiger partial charge on any atom is -0.314 e.